The normalized spacial score (nSPS) is 11.1. The molecule has 3 rings (SSSR count). The monoisotopic (exact) mass is 235 g/mol. The lowest BCUT2D eigenvalue weighted by molar-refractivity contribution is 0.448. The Morgan fingerprint density at radius 3 is 2.88 bits per heavy atom. The first-order valence-electron chi connectivity index (χ1n) is 4.58. The number of fused-ring (bicyclic) bond motifs is 1. The lowest BCUT2D eigenvalue weighted by atomic mass is 10.2. The van der Waals surface area contributed by atoms with Crippen molar-refractivity contribution in [2.24, 2.45) is 0 Å². The molecule has 0 aliphatic rings. The summed E-state index contributed by atoms with van der Waals surface area (Å²) in [6.45, 7) is 0. The highest BCUT2D eigenvalue weighted by atomic mass is 35.5. The van der Waals surface area contributed by atoms with Crippen molar-refractivity contribution in [1.29, 1.82) is 0 Å². The highest BCUT2D eigenvalue weighted by Gasteiger charge is 2.16. The Balaban J connectivity index is 2.34. The van der Waals surface area contributed by atoms with Gasteiger partial charge in [-0.2, -0.15) is 0 Å². The van der Waals surface area contributed by atoms with Crippen LogP contribution in [0.4, 0.5) is 0 Å². The van der Waals surface area contributed by atoms with Crippen LogP contribution in [0.25, 0.3) is 22.4 Å². The van der Waals surface area contributed by atoms with Crippen molar-refractivity contribution in [3.8, 4) is 17.2 Å². The average molecular weight is 236 g/mol. The molecular weight excluding hydrogens is 230 g/mol. The Morgan fingerprint density at radius 1 is 1.25 bits per heavy atom. The highest BCUT2D eigenvalue weighted by molar-refractivity contribution is 6.36. The first-order chi connectivity index (χ1) is 7.77. The van der Waals surface area contributed by atoms with Crippen LogP contribution < -0.4 is 0 Å². The van der Waals surface area contributed by atoms with E-state index in [-0.39, 0.29) is 10.8 Å². The summed E-state index contributed by atoms with van der Waals surface area (Å²) in [4.78, 5) is 0. The summed E-state index contributed by atoms with van der Waals surface area (Å²) in [7, 11) is 0. The third kappa shape index (κ3) is 1.20. The van der Waals surface area contributed by atoms with Crippen LogP contribution in [-0.4, -0.2) is 10.3 Å². The Morgan fingerprint density at radius 2 is 2.12 bits per heavy atom. The van der Waals surface area contributed by atoms with E-state index in [1.165, 1.54) is 6.07 Å². The molecule has 0 saturated heterocycles. The number of aromatic hydroxyl groups is 1. The summed E-state index contributed by atoms with van der Waals surface area (Å²) in [6, 6.07) is 6.72. The molecule has 3 aromatic rings. The fraction of sp³-hybridized carbons (Fsp3) is 0. The molecule has 0 saturated carbocycles. The van der Waals surface area contributed by atoms with Crippen molar-refractivity contribution in [1.82, 2.24) is 5.16 Å². The zero-order valence-corrected chi connectivity index (χ0v) is 8.73. The zero-order chi connectivity index (χ0) is 11.1. The summed E-state index contributed by atoms with van der Waals surface area (Å²) in [6.07, 6.45) is 1.55. The van der Waals surface area contributed by atoms with Gasteiger partial charge >= 0.3 is 0 Å². The van der Waals surface area contributed by atoms with Gasteiger partial charge in [-0.15, -0.1) is 0 Å². The van der Waals surface area contributed by atoms with Crippen molar-refractivity contribution in [2.45, 2.75) is 0 Å². The SMILES string of the molecule is Oc1ccc2c(-c3ccco3)noc2c1Cl. The first-order valence-corrected chi connectivity index (χ1v) is 4.96. The van der Waals surface area contributed by atoms with Gasteiger partial charge in [0.1, 0.15) is 10.8 Å². The van der Waals surface area contributed by atoms with Crippen molar-refractivity contribution < 1.29 is 14.0 Å². The van der Waals surface area contributed by atoms with Gasteiger partial charge in [-0.1, -0.05) is 16.8 Å². The van der Waals surface area contributed by atoms with Crippen molar-refractivity contribution in [2.75, 3.05) is 0 Å². The lowest BCUT2D eigenvalue weighted by Gasteiger charge is -1.95. The molecular formula is C11H6ClNO3. The molecule has 16 heavy (non-hydrogen) atoms. The fourth-order valence-corrected chi connectivity index (χ4v) is 1.75. The average Bonchev–Trinajstić information content (AvgIpc) is 2.91. The standard InChI is InChI=1S/C11H6ClNO3/c12-9-7(14)4-3-6-10(13-16-11(6)9)8-2-1-5-15-8/h1-5,14H. The summed E-state index contributed by atoms with van der Waals surface area (Å²) >= 11 is 5.89. The Labute approximate surface area is 95.0 Å². The number of halogens is 1. The second-order valence-electron chi connectivity index (χ2n) is 3.28. The van der Waals surface area contributed by atoms with Gasteiger partial charge in [-0.25, -0.2) is 0 Å². The van der Waals surface area contributed by atoms with Gasteiger partial charge in [-0.05, 0) is 24.3 Å². The van der Waals surface area contributed by atoms with Gasteiger partial charge in [0.25, 0.3) is 0 Å². The van der Waals surface area contributed by atoms with Crippen molar-refractivity contribution in [3.63, 3.8) is 0 Å². The fourth-order valence-electron chi connectivity index (χ4n) is 1.55. The van der Waals surface area contributed by atoms with Crippen molar-refractivity contribution >= 4 is 22.6 Å². The molecule has 0 amide bonds. The van der Waals surface area contributed by atoms with Crippen LogP contribution in [0, 0.1) is 0 Å². The van der Waals surface area contributed by atoms with E-state index in [2.05, 4.69) is 5.16 Å². The van der Waals surface area contributed by atoms with Gasteiger partial charge in [-0.3, -0.25) is 0 Å². The van der Waals surface area contributed by atoms with Crippen LogP contribution in [0.1, 0.15) is 0 Å². The number of hydrogen-bond donors (Lipinski definition) is 1. The summed E-state index contributed by atoms with van der Waals surface area (Å²) in [5.41, 5.74) is 0.926. The molecule has 80 valence electrons. The van der Waals surface area contributed by atoms with E-state index in [0.29, 0.717) is 22.4 Å². The van der Waals surface area contributed by atoms with E-state index in [9.17, 15) is 5.11 Å². The molecule has 0 aliphatic heterocycles. The van der Waals surface area contributed by atoms with Crippen LogP contribution in [-0.2, 0) is 0 Å². The van der Waals surface area contributed by atoms with Gasteiger partial charge in [0, 0.05) is 0 Å². The second kappa shape index (κ2) is 3.28. The maximum absolute atomic E-state index is 9.41. The molecule has 4 nitrogen and oxygen atoms in total. The van der Waals surface area contributed by atoms with E-state index in [0.717, 1.165) is 0 Å². The van der Waals surface area contributed by atoms with Crippen LogP contribution in [0.15, 0.2) is 39.5 Å². The van der Waals surface area contributed by atoms with Crippen LogP contribution in [0.2, 0.25) is 5.02 Å². The maximum atomic E-state index is 9.41. The number of furan rings is 1. The van der Waals surface area contributed by atoms with E-state index in [1.807, 2.05) is 0 Å². The smallest absolute Gasteiger partial charge is 0.189 e. The number of nitrogens with zero attached hydrogens (tertiary/aromatic N) is 1. The third-order valence-electron chi connectivity index (χ3n) is 2.31. The predicted octanol–water partition coefficient (Wildman–Crippen LogP) is 3.45. The molecule has 0 aliphatic carbocycles. The molecule has 1 aromatic carbocycles. The second-order valence-corrected chi connectivity index (χ2v) is 3.66. The number of hydrogen-bond acceptors (Lipinski definition) is 4. The molecule has 2 heterocycles. The zero-order valence-electron chi connectivity index (χ0n) is 7.98. The van der Waals surface area contributed by atoms with E-state index >= 15 is 0 Å². The minimum atomic E-state index is -0.0312. The number of phenols is 1. The Hall–Kier alpha value is -1.94. The highest BCUT2D eigenvalue weighted by Crippen LogP contribution is 2.36. The minimum absolute atomic E-state index is 0.0312. The molecule has 0 spiro atoms. The molecule has 0 radical (unpaired) electrons. The largest absolute Gasteiger partial charge is 0.506 e. The Kier molecular flexibility index (Phi) is 1.91. The predicted molar refractivity (Wildman–Crippen MR) is 58.4 cm³/mol. The molecule has 0 bridgehead atoms. The first kappa shape index (κ1) is 9.30. The van der Waals surface area contributed by atoms with Gasteiger partial charge in [0.15, 0.2) is 17.0 Å². The number of aromatic nitrogens is 1. The summed E-state index contributed by atoms with van der Waals surface area (Å²) in [5, 5.41) is 14.2. The molecule has 0 atom stereocenters. The van der Waals surface area contributed by atoms with Crippen molar-refractivity contribution in [3.05, 3.63) is 35.6 Å². The number of phenolic OH excluding ortho intramolecular Hbond substituents is 1. The van der Waals surface area contributed by atoms with Crippen LogP contribution >= 0.6 is 11.6 Å². The molecule has 2 aromatic heterocycles. The Bertz CT molecular complexity index is 643. The van der Waals surface area contributed by atoms with E-state index < -0.39 is 0 Å². The quantitative estimate of drug-likeness (QED) is 0.702. The van der Waals surface area contributed by atoms with E-state index in [1.54, 1.807) is 24.5 Å². The number of benzene rings is 1. The van der Waals surface area contributed by atoms with Crippen LogP contribution in [0.3, 0.4) is 0 Å². The summed E-state index contributed by atoms with van der Waals surface area (Å²) < 4.78 is 10.3. The third-order valence-corrected chi connectivity index (χ3v) is 2.68. The van der Waals surface area contributed by atoms with Gasteiger partial charge < -0.3 is 14.0 Å². The lowest BCUT2D eigenvalue weighted by Crippen LogP contribution is -1.74. The summed E-state index contributed by atoms with van der Waals surface area (Å²) in [5.74, 6) is 0.566. The topological polar surface area (TPSA) is 59.4 Å². The van der Waals surface area contributed by atoms with E-state index in [4.69, 9.17) is 20.5 Å². The minimum Gasteiger partial charge on any atom is -0.506 e. The molecule has 5 heteroatoms. The van der Waals surface area contributed by atoms with Crippen LogP contribution in [0.5, 0.6) is 5.75 Å². The maximum Gasteiger partial charge on any atom is 0.189 e. The van der Waals surface area contributed by atoms with Gasteiger partial charge in [0.05, 0.1) is 11.6 Å². The van der Waals surface area contributed by atoms with Gasteiger partial charge in [0.2, 0.25) is 0 Å². The molecule has 0 unspecified atom stereocenters. The number of rotatable bonds is 1. The molecule has 0 fully saturated rings. The molecule has 1 N–H and O–H groups in total.